The molecule has 0 spiro atoms. The number of allylic oxidation sites excluding steroid dienone is 1. The zero-order valence-corrected chi connectivity index (χ0v) is 9.12. The second-order valence-corrected chi connectivity index (χ2v) is 3.87. The van der Waals surface area contributed by atoms with Gasteiger partial charge in [-0.2, -0.15) is 0 Å². The average molecular weight is 208 g/mol. The van der Waals surface area contributed by atoms with Crippen LogP contribution < -0.4 is 0 Å². The van der Waals surface area contributed by atoms with E-state index in [2.05, 4.69) is 0 Å². The normalized spacial score (nSPS) is 18.2. The predicted molar refractivity (Wildman–Crippen MR) is 56.4 cm³/mol. The van der Waals surface area contributed by atoms with Crippen LogP contribution in [0.1, 0.15) is 36.0 Å². The number of hydrogen-bond donors (Lipinski definition) is 1. The number of aryl methyl sites for hydroxylation is 2. The van der Waals surface area contributed by atoms with Crippen molar-refractivity contribution in [3.8, 4) is 0 Å². The van der Waals surface area contributed by atoms with Crippen LogP contribution in [0.15, 0.2) is 22.3 Å². The number of aliphatic hydroxyl groups is 1. The molecule has 0 radical (unpaired) electrons. The molecule has 1 aromatic rings. The van der Waals surface area contributed by atoms with Crippen molar-refractivity contribution >= 4 is 0 Å². The highest BCUT2D eigenvalue weighted by Gasteiger charge is 2.21. The van der Waals surface area contributed by atoms with Gasteiger partial charge in [-0.15, -0.1) is 0 Å². The molecule has 0 bridgehead atoms. The minimum Gasteiger partial charge on any atom is -0.495 e. The van der Waals surface area contributed by atoms with E-state index in [9.17, 15) is 5.11 Å². The van der Waals surface area contributed by atoms with E-state index in [1.165, 1.54) is 0 Å². The first-order chi connectivity index (χ1) is 7.18. The molecule has 1 aromatic heterocycles. The van der Waals surface area contributed by atoms with Crippen LogP contribution in [0.4, 0.5) is 0 Å². The maximum Gasteiger partial charge on any atom is 0.139 e. The van der Waals surface area contributed by atoms with Crippen LogP contribution in [0.25, 0.3) is 0 Å². The second-order valence-electron chi connectivity index (χ2n) is 3.87. The number of furan rings is 1. The summed E-state index contributed by atoms with van der Waals surface area (Å²) in [6.07, 6.45) is 3.28. The molecule has 3 nitrogen and oxygen atoms in total. The summed E-state index contributed by atoms with van der Waals surface area (Å²) in [5, 5.41) is 10.1. The Labute approximate surface area is 89.4 Å². The van der Waals surface area contributed by atoms with Crippen molar-refractivity contribution in [2.45, 2.75) is 32.8 Å². The zero-order valence-electron chi connectivity index (χ0n) is 9.12. The van der Waals surface area contributed by atoms with E-state index in [1.807, 2.05) is 26.0 Å². The van der Waals surface area contributed by atoms with Gasteiger partial charge in [-0.05, 0) is 38.8 Å². The molecule has 2 rings (SSSR count). The third-order valence-electron chi connectivity index (χ3n) is 2.61. The lowest BCUT2D eigenvalue weighted by molar-refractivity contribution is 0.0909. The first-order valence-electron chi connectivity index (χ1n) is 5.26. The fourth-order valence-corrected chi connectivity index (χ4v) is 1.84. The number of ether oxygens (including phenoxy) is 1. The highest BCUT2D eigenvalue weighted by molar-refractivity contribution is 5.28. The number of hydrogen-bond acceptors (Lipinski definition) is 3. The summed E-state index contributed by atoms with van der Waals surface area (Å²) in [7, 11) is 0. The summed E-state index contributed by atoms with van der Waals surface area (Å²) < 4.78 is 10.8. The Balaban J connectivity index is 2.23. The Morgan fingerprint density at radius 3 is 2.73 bits per heavy atom. The topological polar surface area (TPSA) is 42.6 Å². The van der Waals surface area contributed by atoms with Gasteiger partial charge < -0.3 is 14.3 Å². The number of rotatable bonds is 2. The molecule has 0 fully saturated rings. The summed E-state index contributed by atoms with van der Waals surface area (Å²) in [6, 6.07) is 1.86. The SMILES string of the molecule is Cc1cc(C(O)C2=CCCCO2)c(C)o1. The molecule has 0 aromatic carbocycles. The summed E-state index contributed by atoms with van der Waals surface area (Å²) in [5.74, 6) is 2.23. The molecule has 1 aliphatic heterocycles. The van der Waals surface area contributed by atoms with Crippen LogP contribution >= 0.6 is 0 Å². The minimum absolute atomic E-state index is 0.658. The molecule has 3 heteroatoms. The van der Waals surface area contributed by atoms with Gasteiger partial charge in [-0.25, -0.2) is 0 Å². The molecular weight excluding hydrogens is 192 g/mol. The maximum atomic E-state index is 10.1. The predicted octanol–water partition coefficient (Wildman–Crippen LogP) is 2.62. The monoisotopic (exact) mass is 208 g/mol. The Kier molecular flexibility index (Phi) is 2.82. The summed E-state index contributed by atoms with van der Waals surface area (Å²) in [5.41, 5.74) is 0.806. The van der Waals surface area contributed by atoms with Crippen molar-refractivity contribution in [3.05, 3.63) is 35.0 Å². The van der Waals surface area contributed by atoms with E-state index in [0.717, 1.165) is 29.9 Å². The Hall–Kier alpha value is -1.22. The van der Waals surface area contributed by atoms with Gasteiger partial charge in [0, 0.05) is 5.56 Å². The van der Waals surface area contributed by atoms with Crippen molar-refractivity contribution in [2.75, 3.05) is 6.61 Å². The van der Waals surface area contributed by atoms with Crippen LogP contribution in [0.2, 0.25) is 0 Å². The van der Waals surface area contributed by atoms with Crippen molar-refractivity contribution in [2.24, 2.45) is 0 Å². The molecule has 1 aliphatic rings. The Morgan fingerprint density at radius 2 is 2.20 bits per heavy atom. The van der Waals surface area contributed by atoms with Crippen molar-refractivity contribution in [1.29, 1.82) is 0 Å². The smallest absolute Gasteiger partial charge is 0.139 e. The lowest BCUT2D eigenvalue weighted by atomic mass is 10.1. The molecule has 0 saturated carbocycles. The molecule has 1 unspecified atom stereocenters. The summed E-state index contributed by atoms with van der Waals surface area (Å²) in [4.78, 5) is 0. The fourth-order valence-electron chi connectivity index (χ4n) is 1.84. The van der Waals surface area contributed by atoms with Crippen LogP contribution in [0.5, 0.6) is 0 Å². The third-order valence-corrected chi connectivity index (χ3v) is 2.61. The van der Waals surface area contributed by atoms with Gasteiger partial charge in [0.15, 0.2) is 0 Å². The lowest BCUT2D eigenvalue weighted by Gasteiger charge is -2.19. The highest BCUT2D eigenvalue weighted by atomic mass is 16.5. The van der Waals surface area contributed by atoms with Gasteiger partial charge in [0.1, 0.15) is 23.4 Å². The van der Waals surface area contributed by atoms with Gasteiger partial charge in [0.25, 0.3) is 0 Å². The maximum absolute atomic E-state index is 10.1. The van der Waals surface area contributed by atoms with Gasteiger partial charge in [-0.3, -0.25) is 0 Å². The second kappa shape index (κ2) is 4.11. The van der Waals surface area contributed by atoms with Crippen LogP contribution in [0.3, 0.4) is 0 Å². The zero-order chi connectivity index (χ0) is 10.8. The summed E-state index contributed by atoms with van der Waals surface area (Å²) in [6.45, 7) is 4.42. The molecule has 1 atom stereocenters. The van der Waals surface area contributed by atoms with E-state index in [-0.39, 0.29) is 0 Å². The first kappa shape index (κ1) is 10.3. The van der Waals surface area contributed by atoms with E-state index >= 15 is 0 Å². The van der Waals surface area contributed by atoms with E-state index in [0.29, 0.717) is 12.4 Å². The van der Waals surface area contributed by atoms with E-state index in [4.69, 9.17) is 9.15 Å². The summed E-state index contributed by atoms with van der Waals surface area (Å²) >= 11 is 0. The highest BCUT2D eigenvalue weighted by Crippen LogP contribution is 2.29. The lowest BCUT2D eigenvalue weighted by Crippen LogP contribution is -2.09. The van der Waals surface area contributed by atoms with Gasteiger partial charge >= 0.3 is 0 Å². The Bertz CT molecular complexity index is 376. The Morgan fingerprint density at radius 1 is 1.40 bits per heavy atom. The quantitative estimate of drug-likeness (QED) is 0.812. The standard InChI is InChI=1S/C12H16O3/c1-8-7-10(9(2)15-8)12(13)11-5-3-4-6-14-11/h5,7,12-13H,3-4,6H2,1-2H3. The van der Waals surface area contributed by atoms with Gasteiger partial charge in [-0.1, -0.05) is 0 Å². The van der Waals surface area contributed by atoms with Gasteiger partial charge in [0.05, 0.1) is 6.61 Å². The van der Waals surface area contributed by atoms with E-state index in [1.54, 1.807) is 0 Å². The molecular formula is C12H16O3. The van der Waals surface area contributed by atoms with Crippen LogP contribution in [-0.2, 0) is 4.74 Å². The fraction of sp³-hybridized carbons (Fsp3) is 0.500. The average Bonchev–Trinajstić information content (AvgIpc) is 2.58. The molecule has 82 valence electrons. The third kappa shape index (κ3) is 2.07. The van der Waals surface area contributed by atoms with E-state index < -0.39 is 6.10 Å². The van der Waals surface area contributed by atoms with Crippen molar-refractivity contribution < 1.29 is 14.3 Å². The van der Waals surface area contributed by atoms with Crippen LogP contribution in [0, 0.1) is 13.8 Å². The van der Waals surface area contributed by atoms with Crippen molar-refractivity contribution in [1.82, 2.24) is 0 Å². The van der Waals surface area contributed by atoms with Crippen LogP contribution in [-0.4, -0.2) is 11.7 Å². The molecule has 0 aliphatic carbocycles. The number of aliphatic hydroxyl groups excluding tert-OH is 1. The largest absolute Gasteiger partial charge is 0.495 e. The minimum atomic E-state index is -0.678. The molecule has 2 heterocycles. The first-order valence-corrected chi connectivity index (χ1v) is 5.26. The van der Waals surface area contributed by atoms with Gasteiger partial charge in [0.2, 0.25) is 0 Å². The molecule has 1 N–H and O–H groups in total. The van der Waals surface area contributed by atoms with Crippen molar-refractivity contribution in [3.63, 3.8) is 0 Å². The molecule has 0 saturated heterocycles. The molecule has 0 amide bonds. The molecule has 15 heavy (non-hydrogen) atoms.